The largest absolute Gasteiger partial charge is 0.480 e. The predicted octanol–water partition coefficient (Wildman–Crippen LogP) is 3.74. The van der Waals surface area contributed by atoms with Crippen molar-refractivity contribution in [3.63, 3.8) is 0 Å². The maximum atomic E-state index is 12.4. The molecule has 0 bridgehead atoms. The molecule has 0 spiro atoms. The van der Waals surface area contributed by atoms with Crippen molar-refractivity contribution in [1.82, 2.24) is 0 Å². The maximum Gasteiger partial charge on any atom is 0.265 e. The monoisotopic (exact) mass is 410 g/mol. The van der Waals surface area contributed by atoms with Crippen molar-refractivity contribution in [2.75, 3.05) is 11.1 Å². The van der Waals surface area contributed by atoms with Crippen LogP contribution in [0.25, 0.3) is 0 Å². The highest BCUT2D eigenvalue weighted by molar-refractivity contribution is 9.11. The number of hydrogen-bond donors (Lipinski definition) is 2. The van der Waals surface area contributed by atoms with Crippen molar-refractivity contribution in [1.29, 1.82) is 0 Å². The number of fused-ring (bicyclic) bond motifs is 1. The second kappa shape index (κ2) is 5.69. The van der Waals surface area contributed by atoms with Gasteiger partial charge in [0, 0.05) is 21.1 Å². The first-order chi connectivity index (χ1) is 10.0. The summed E-state index contributed by atoms with van der Waals surface area (Å²) in [4.78, 5) is 12.4. The van der Waals surface area contributed by atoms with Gasteiger partial charge < -0.3 is 15.8 Å². The second-order valence-corrected chi connectivity index (χ2v) is 6.48. The van der Waals surface area contributed by atoms with Crippen molar-refractivity contribution in [2.45, 2.75) is 12.5 Å². The molecule has 0 fully saturated rings. The lowest BCUT2D eigenvalue weighted by Gasteiger charge is -2.14. The van der Waals surface area contributed by atoms with Crippen LogP contribution in [-0.2, 0) is 11.2 Å². The molecule has 3 rings (SSSR count). The molecule has 3 N–H and O–H groups in total. The van der Waals surface area contributed by atoms with Gasteiger partial charge in [0.15, 0.2) is 6.10 Å². The van der Waals surface area contributed by atoms with Crippen LogP contribution < -0.4 is 15.8 Å². The second-order valence-electron chi connectivity index (χ2n) is 4.77. The van der Waals surface area contributed by atoms with E-state index >= 15 is 0 Å². The number of amides is 1. The lowest BCUT2D eigenvalue weighted by atomic mass is 10.1. The van der Waals surface area contributed by atoms with Gasteiger partial charge in [0.25, 0.3) is 5.91 Å². The molecule has 1 unspecified atom stereocenters. The minimum Gasteiger partial charge on any atom is -0.480 e. The summed E-state index contributed by atoms with van der Waals surface area (Å²) in [6.45, 7) is 0. The Morgan fingerprint density at radius 1 is 1.24 bits per heavy atom. The third-order valence-electron chi connectivity index (χ3n) is 3.25. The van der Waals surface area contributed by atoms with E-state index < -0.39 is 6.10 Å². The van der Waals surface area contributed by atoms with Crippen molar-refractivity contribution in [3.8, 4) is 5.75 Å². The molecule has 6 heteroatoms. The van der Waals surface area contributed by atoms with Gasteiger partial charge in [-0.25, -0.2) is 0 Å². The number of carbonyl (C=O) groups excluding carboxylic acids is 1. The number of carbonyl (C=O) groups is 1. The average molecular weight is 412 g/mol. The molecule has 0 aliphatic carbocycles. The van der Waals surface area contributed by atoms with Gasteiger partial charge >= 0.3 is 0 Å². The van der Waals surface area contributed by atoms with E-state index in [0.29, 0.717) is 17.8 Å². The first kappa shape index (κ1) is 14.4. The Bertz CT molecular complexity index is 671. The normalized spacial score (nSPS) is 16.2. The zero-order valence-corrected chi connectivity index (χ0v) is 14.1. The fraction of sp³-hybridized carbons (Fsp3) is 0.133. The van der Waals surface area contributed by atoms with Crippen LogP contribution in [0.1, 0.15) is 5.56 Å². The minimum atomic E-state index is -0.515. The standard InChI is InChI=1S/C15H12Br2N2O2/c16-10-6-9(18)7-11(17)14(10)19-15(20)13-5-8-3-1-2-4-12(8)21-13/h1-4,6-7,13H,5,18H2,(H,19,20). The lowest BCUT2D eigenvalue weighted by Crippen LogP contribution is -2.31. The van der Waals surface area contributed by atoms with Gasteiger partial charge in [0.2, 0.25) is 0 Å². The van der Waals surface area contributed by atoms with Gasteiger partial charge in [-0.3, -0.25) is 4.79 Å². The number of hydrogen-bond acceptors (Lipinski definition) is 3. The molecule has 1 heterocycles. The van der Waals surface area contributed by atoms with Crippen LogP contribution >= 0.6 is 31.9 Å². The first-order valence-corrected chi connectivity index (χ1v) is 7.93. The number of ether oxygens (including phenoxy) is 1. The quantitative estimate of drug-likeness (QED) is 0.740. The topological polar surface area (TPSA) is 64.3 Å². The van der Waals surface area contributed by atoms with Gasteiger partial charge in [-0.1, -0.05) is 18.2 Å². The van der Waals surface area contributed by atoms with Crippen LogP contribution in [0.4, 0.5) is 11.4 Å². The van der Waals surface area contributed by atoms with E-state index in [1.807, 2.05) is 24.3 Å². The highest BCUT2D eigenvalue weighted by Crippen LogP contribution is 2.34. The Morgan fingerprint density at radius 2 is 1.90 bits per heavy atom. The van der Waals surface area contributed by atoms with Crippen LogP contribution in [-0.4, -0.2) is 12.0 Å². The molecule has 4 nitrogen and oxygen atoms in total. The minimum absolute atomic E-state index is 0.183. The number of rotatable bonds is 2. The molecular weight excluding hydrogens is 400 g/mol. The average Bonchev–Trinajstić information content (AvgIpc) is 2.86. The summed E-state index contributed by atoms with van der Waals surface area (Å²) in [5.74, 6) is 0.588. The summed E-state index contributed by atoms with van der Waals surface area (Å²) < 4.78 is 7.12. The fourth-order valence-electron chi connectivity index (χ4n) is 2.24. The number of anilines is 2. The van der Waals surface area contributed by atoms with E-state index in [1.165, 1.54) is 0 Å². The van der Waals surface area contributed by atoms with Gasteiger partial charge in [0.1, 0.15) is 5.75 Å². The van der Waals surface area contributed by atoms with Gasteiger partial charge in [-0.15, -0.1) is 0 Å². The highest BCUT2D eigenvalue weighted by atomic mass is 79.9. The van der Waals surface area contributed by atoms with Gasteiger partial charge in [-0.2, -0.15) is 0 Å². The van der Waals surface area contributed by atoms with E-state index in [2.05, 4.69) is 37.2 Å². The molecule has 0 radical (unpaired) electrons. The molecule has 108 valence electrons. The number of halogens is 2. The van der Waals surface area contributed by atoms with Gasteiger partial charge in [-0.05, 0) is 55.6 Å². The molecule has 0 aromatic heterocycles. The molecule has 21 heavy (non-hydrogen) atoms. The Kier molecular flexibility index (Phi) is 3.91. The Hall–Kier alpha value is -1.53. The first-order valence-electron chi connectivity index (χ1n) is 6.34. The number of nitrogens with two attached hydrogens (primary N) is 1. The summed E-state index contributed by atoms with van der Waals surface area (Å²) in [7, 11) is 0. The Morgan fingerprint density at radius 3 is 2.57 bits per heavy atom. The van der Waals surface area contributed by atoms with Crippen LogP contribution in [0.15, 0.2) is 45.3 Å². The molecule has 2 aromatic rings. The summed E-state index contributed by atoms with van der Waals surface area (Å²) in [5.41, 5.74) is 8.05. The summed E-state index contributed by atoms with van der Waals surface area (Å²) >= 11 is 6.80. The van der Waals surface area contributed by atoms with E-state index in [9.17, 15) is 4.79 Å². The fourth-order valence-corrected chi connectivity index (χ4v) is 3.66. The van der Waals surface area contributed by atoms with Crippen molar-refractivity contribution in [3.05, 3.63) is 50.9 Å². The number of benzene rings is 2. The molecule has 1 aliphatic heterocycles. The molecule has 0 saturated heterocycles. The third-order valence-corrected chi connectivity index (χ3v) is 4.50. The van der Waals surface area contributed by atoms with Crippen LogP contribution in [0, 0.1) is 0 Å². The van der Waals surface area contributed by atoms with Gasteiger partial charge in [0.05, 0.1) is 5.69 Å². The third kappa shape index (κ3) is 2.91. The molecule has 1 aliphatic rings. The number of para-hydroxylation sites is 1. The number of nitrogens with one attached hydrogen (secondary N) is 1. The zero-order valence-electron chi connectivity index (χ0n) is 10.9. The smallest absolute Gasteiger partial charge is 0.265 e. The lowest BCUT2D eigenvalue weighted by molar-refractivity contribution is -0.122. The van der Waals surface area contributed by atoms with Crippen LogP contribution in [0.3, 0.4) is 0 Å². The van der Waals surface area contributed by atoms with Crippen molar-refractivity contribution in [2.24, 2.45) is 0 Å². The van der Waals surface area contributed by atoms with Crippen LogP contribution in [0.5, 0.6) is 5.75 Å². The molecule has 0 saturated carbocycles. The summed E-state index contributed by atoms with van der Waals surface area (Å²) in [6, 6.07) is 11.2. The van der Waals surface area contributed by atoms with Crippen molar-refractivity contribution < 1.29 is 9.53 Å². The van der Waals surface area contributed by atoms with E-state index in [0.717, 1.165) is 20.3 Å². The summed E-state index contributed by atoms with van der Waals surface area (Å²) in [5, 5.41) is 2.87. The van der Waals surface area contributed by atoms with Crippen molar-refractivity contribution >= 4 is 49.1 Å². The Labute approximate surface area is 138 Å². The Balaban J connectivity index is 1.77. The SMILES string of the molecule is Nc1cc(Br)c(NC(=O)C2Cc3ccccc3O2)c(Br)c1. The van der Waals surface area contributed by atoms with E-state index in [4.69, 9.17) is 10.5 Å². The van der Waals surface area contributed by atoms with E-state index in [-0.39, 0.29) is 5.91 Å². The van der Waals surface area contributed by atoms with Crippen LogP contribution in [0.2, 0.25) is 0 Å². The molecular formula is C15H12Br2N2O2. The molecule has 2 aromatic carbocycles. The molecule has 1 amide bonds. The maximum absolute atomic E-state index is 12.4. The zero-order chi connectivity index (χ0) is 15.0. The van der Waals surface area contributed by atoms with E-state index in [1.54, 1.807) is 12.1 Å². The highest BCUT2D eigenvalue weighted by Gasteiger charge is 2.29. The number of nitrogen functional groups attached to an aromatic ring is 1. The predicted molar refractivity (Wildman–Crippen MR) is 89.4 cm³/mol. The summed E-state index contributed by atoms with van der Waals surface area (Å²) in [6.07, 6.45) is 0.0606. The molecule has 1 atom stereocenters.